The molecule has 3 heterocycles. The third-order valence-electron chi connectivity index (χ3n) is 4.88. The van der Waals surface area contributed by atoms with Gasteiger partial charge in [-0.3, -0.25) is 9.89 Å². The van der Waals surface area contributed by atoms with Crippen LogP contribution in [0.2, 0.25) is 0 Å². The number of H-pyrrole nitrogens is 1. The van der Waals surface area contributed by atoms with Crippen molar-refractivity contribution in [3.8, 4) is 16.9 Å². The molecule has 0 amide bonds. The highest BCUT2D eigenvalue weighted by molar-refractivity contribution is 5.61. The van der Waals surface area contributed by atoms with Crippen LogP contribution >= 0.6 is 0 Å². The van der Waals surface area contributed by atoms with Crippen LogP contribution in [0.25, 0.3) is 16.9 Å². The van der Waals surface area contributed by atoms with Crippen LogP contribution < -0.4 is 10.5 Å². The lowest BCUT2D eigenvalue weighted by molar-refractivity contribution is 0.568. The smallest absolute Gasteiger partial charge is 0.271 e. The van der Waals surface area contributed by atoms with Crippen molar-refractivity contribution in [1.82, 2.24) is 19.7 Å². The molecule has 0 spiro atoms. The average Bonchev–Trinajstić information content (AvgIpc) is 3.04. The van der Waals surface area contributed by atoms with E-state index in [2.05, 4.69) is 20.0 Å². The Morgan fingerprint density at radius 2 is 1.88 bits per heavy atom. The largest absolute Gasteiger partial charge is 0.341 e. The quantitative estimate of drug-likeness (QED) is 0.788. The predicted octanol–water partition coefficient (Wildman–Crippen LogP) is 3.23. The van der Waals surface area contributed by atoms with Gasteiger partial charge in [-0.2, -0.15) is 0 Å². The highest BCUT2D eigenvalue weighted by atomic mass is 16.1. The maximum Gasteiger partial charge on any atom is 0.271 e. The third-order valence-corrected chi connectivity index (χ3v) is 4.88. The van der Waals surface area contributed by atoms with Gasteiger partial charge in [0.15, 0.2) is 0 Å². The van der Waals surface area contributed by atoms with Crippen molar-refractivity contribution in [2.75, 3.05) is 18.0 Å². The fourth-order valence-corrected chi connectivity index (χ4v) is 3.46. The van der Waals surface area contributed by atoms with Gasteiger partial charge in [-0.15, -0.1) is 0 Å². The highest BCUT2D eigenvalue weighted by Crippen LogP contribution is 2.22. The Kier molecular flexibility index (Phi) is 4.32. The zero-order valence-corrected chi connectivity index (χ0v) is 15.2. The summed E-state index contributed by atoms with van der Waals surface area (Å²) in [4.78, 5) is 23.9. The molecule has 0 saturated carbocycles. The number of aromatic nitrogens is 4. The Bertz CT molecular complexity index is 982. The first-order valence-corrected chi connectivity index (χ1v) is 9.10. The second-order valence-corrected chi connectivity index (χ2v) is 6.90. The summed E-state index contributed by atoms with van der Waals surface area (Å²) in [6, 6.07) is 9.45. The molecule has 26 heavy (non-hydrogen) atoms. The molecule has 0 aliphatic carbocycles. The predicted molar refractivity (Wildman–Crippen MR) is 103 cm³/mol. The fraction of sp³-hybridized carbons (Fsp3) is 0.350. The van der Waals surface area contributed by atoms with Gasteiger partial charge in [0.2, 0.25) is 5.95 Å². The molecule has 1 aliphatic heterocycles. The van der Waals surface area contributed by atoms with Crippen molar-refractivity contribution in [2.24, 2.45) is 0 Å². The van der Waals surface area contributed by atoms with Gasteiger partial charge in [-0.05, 0) is 50.8 Å². The third kappa shape index (κ3) is 3.14. The van der Waals surface area contributed by atoms with Crippen molar-refractivity contribution in [2.45, 2.75) is 33.1 Å². The van der Waals surface area contributed by atoms with Crippen molar-refractivity contribution < 1.29 is 0 Å². The van der Waals surface area contributed by atoms with Crippen LogP contribution in [0.5, 0.6) is 0 Å². The lowest BCUT2D eigenvalue weighted by Gasteiger charge is -2.26. The number of hydrogen-bond acceptors (Lipinski definition) is 4. The number of anilines is 1. The summed E-state index contributed by atoms with van der Waals surface area (Å²) in [5, 5.41) is 3.19. The number of aromatic amines is 1. The summed E-state index contributed by atoms with van der Waals surface area (Å²) < 4.78 is 1.56. The number of aryl methyl sites for hydroxylation is 2. The zero-order chi connectivity index (χ0) is 18.1. The van der Waals surface area contributed by atoms with Crippen molar-refractivity contribution in [1.29, 1.82) is 0 Å². The summed E-state index contributed by atoms with van der Waals surface area (Å²) in [6.07, 6.45) is 5.48. The molecular formula is C20H23N5O. The number of piperidine rings is 1. The lowest BCUT2D eigenvalue weighted by atomic mass is 10.1. The molecule has 3 aromatic rings. The SMILES string of the molecule is Cc1cccc(-n2[nH]c(-c3cnc(N4CCCCC4)nc3C)cc2=O)c1. The van der Waals surface area contributed by atoms with Crippen molar-refractivity contribution in [3.63, 3.8) is 0 Å². The Labute approximate surface area is 152 Å². The lowest BCUT2D eigenvalue weighted by Crippen LogP contribution is -2.31. The average molecular weight is 349 g/mol. The van der Waals surface area contributed by atoms with E-state index in [1.165, 1.54) is 19.3 Å². The summed E-state index contributed by atoms with van der Waals surface area (Å²) in [5.74, 6) is 0.784. The van der Waals surface area contributed by atoms with E-state index in [1.54, 1.807) is 10.7 Å². The molecule has 4 rings (SSSR count). The number of rotatable bonds is 3. The van der Waals surface area contributed by atoms with Gasteiger partial charge in [0.25, 0.3) is 5.56 Å². The van der Waals surface area contributed by atoms with Gasteiger partial charge in [-0.1, -0.05) is 12.1 Å². The van der Waals surface area contributed by atoms with Gasteiger partial charge in [0, 0.05) is 30.9 Å². The van der Waals surface area contributed by atoms with Crippen molar-refractivity contribution >= 4 is 5.95 Å². The van der Waals surface area contributed by atoms with Gasteiger partial charge in [0.1, 0.15) is 0 Å². The summed E-state index contributed by atoms with van der Waals surface area (Å²) >= 11 is 0. The first-order chi connectivity index (χ1) is 12.6. The minimum atomic E-state index is -0.0925. The van der Waals surface area contributed by atoms with Crippen LogP contribution in [0.15, 0.2) is 41.3 Å². The van der Waals surface area contributed by atoms with E-state index in [1.807, 2.05) is 44.3 Å². The molecular weight excluding hydrogens is 326 g/mol. The Balaban J connectivity index is 1.68. The molecule has 1 N–H and O–H groups in total. The van der Waals surface area contributed by atoms with E-state index in [4.69, 9.17) is 0 Å². The van der Waals surface area contributed by atoms with E-state index >= 15 is 0 Å². The molecule has 0 unspecified atom stereocenters. The topological polar surface area (TPSA) is 66.8 Å². The van der Waals surface area contributed by atoms with Crippen LogP contribution in [-0.4, -0.2) is 32.8 Å². The Morgan fingerprint density at radius 1 is 1.08 bits per heavy atom. The van der Waals surface area contributed by atoms with E-state index < -0.39 is 0 Å². The first kappa shape index (κ1) is 16.6. The maximum atomic E-state index is 12.4. The van der Waals surface area contributed by atoms with Gasteiger partial charge in [0.05, 0.1) is 17.1 Å². The van der Waals surface area contributed by atoms with Gasteiger partial charge >= 0.3 is 0 Å². The monoisotopic (exact) mass is 349 g/mol. The van der Waals surface area contributed by atoms with Crippen LogP contribution in [0, 0.1) is 13.8 Å². The van der Waals surface area contributed by atoms with Gasteiger partial charge < -0.3 is 4.90 Å². The molecule has 1 fully saturated rings. The molecule has 1 aromatic carbocycles. The normalized spacial score (nSPS) is 14.6. The number of nitrogens with zero attached hydrogens (tertiary/aromatic N) is 4. The summed E-state index contributed by atoms with van der Waals surface area (Å²) in [5.41, 5.74) is 4.30. The number of hydrogen-bond donors (Lipinski definition) is 1. The second-order valence-electron chi connectivity index (χ2n) is 6.90. The highest BCUT2D eigenvalue weighted by Gasteiger charge is 2.16. The molecule has 0 bridgehead atoms. The van der Waals surface area contributed by atoms with E-state index in [9.17, 15) is 4.79 Å². The molecule has 6 heteroatoms. The van der Waals surface area contributed by atoms with Gasteiger partial charge in [-0.25, -0.2) is 14.6 Å². The Hall–Kier alpha value is -2.89. The van der Waals surface area contributed by atoms with Crippen LogP contribution in [-0.2, 0) is 0 Å². The van der Waals surface area contributed by atoms with Crippen LogP contribution in [0.3, 0.4) is 0 Å². The van der Waals surface area contributed by atoms with Crippen LogP contribution in [0.4, 0.5) is 5.95 Å². The fourth-order valence-electron chi connectivity index (χ4n) is 3.46. The molecule has 0 atom stereocenters. The van der Waals surface area contributed by atoms with Crippen molar-refractivity contribution in [3.05, 3.63) is 58.1 Å². The van der Waals surface area contributed by atoms with E-state index in [-0.39, 0.29) is 5.56 Å². The Morgan fingerprint density at radius 3 is 2.62 bits per heavy atom. The first-order valence-electron chi connectivity index (χ1n) is 9.10. The number of benzene rings is 1. The molecule has 134 valence electrons. The summed E-state index contributed by atoms with van der Waals surface area (Å²) in [6.45, 7) is 6.00. The minimum absolute atomic E-state index is 0.0925. The molecule has 1 saturated heterocycles. The molecule has 6 nitrogen and oxygen atoms in total. The molecule has 2 aromatic heterocycles. The standard InChI is InChI=1S/C20H23N5O/c1-14-7-6-8-16(11-14)25-19(26)12-18(23-25)17-13-21-20(22-15(17)2)24-9-4-3-5-10-24/h6-8,11-13,23H,3-5,9-10H2,1-2H3. The maximum absolute atomic E-state index is 12.4. The number of nitrogens with one attached hydrogen (secondary N) is 1. The minimum Gasteiger partial charge on any atom is -0.341 e. The summed E-state index contributed by atoms with van der Waals surface area (Å²) in [7, 11) is 0. The van der Waals surface area contributed by atoms with E-state index in [0.717, 1.165) is 47.2 Å². The van der Waals surface area contributed by atoms with Crippen LogP contribution in [0.1, 0.15) is 30.5 Å². The second kappa shape index (κ2) is 6.78. The van der Waals surface area contributed by atoms with E-state index in [0.29, 0.717) is 0 Å². The zero-order valence-electron chi connectivity index (χ0n) is 15.2. The molecule has 1 aliphatic rings. The molecule has 0 radical (unpaired) electrons.